The fourth-order valence-corrected chi connectivity index (χ4v) is 2.94. The minimum atomic E-state index is -0.937. The number of aryl methyl sites for hydroxylation is 1. The van der Waals surface area contributed by atoms with Crippen LogP contribution in [0.3, 0.4) is 0 Å². The Morgan fingerprint density at radius 3 is 2.53 bits per heavy atom. The Labute approximate surface area is 119 Å². The summed E-state index contributed by atoms with van der Waals surface area (Å²) in [6, 6.07) is 1.60. The summed E-state index contributed by atoms with van der Waals surface area (Å²) < 4.78 is 5.69. The van der Waals surface area contributed by atoms with Crippen molar-refractivity contribution in [2.45, 2.75) is 44.9 Å². The van der Waals surface area contributed by atoms with Gasteiger partial charge in [-0.3, -0.25) is 0 Å². The van der Waals surface area contributed by atoms with Crippen LogP contribution >= 0.6 is 11.8 Å². The van der Waals surface area contributed by atoms with Crippen LogP contribution in [-0.2, 0) is 6.54 Å². The second kappa shape index (κ2) is 7.01. The molecule has 0 unspecified atom stereocenters. The molecule has 0 atom stereocenters. The Balaban J connectivity index is 2.58. The van der Waals surface area contributed by atoms with Gasteiger partial charge >= 0.3 is 5.97 Å². The summed E-state index contributed by atoms with van der Waals surface area (Å²) >= 11 is 1.88. The van der Waals surface area contributed by atoms with Crippen molar-refractivity contribution in [1.82, 2.24) is 5.32 Å². The molecule has 0 saturated carbocycles. The number of hydrogen-bond donors (Lipinski definition) is 2. The predicted octanol–water partition coefficient (Wildman–Crippen LogP) is 3.30. The van der Waals surface area contributed by atoms with E-state index in [2.05, 4.69) is 25.4 Å². The van der Waals surface area contributed by atoms with Gasteiger partial charge < -0.3 is 14.8 Å². The highest BCUT2D eigenvalue weighted by molar-refractivity contribution is 8.00. The van der Waals surface area contributed by atoms with Gasteiger partial charge in [0.2, 0.25) is 0 Å². The topological polar surface area (TPSA) is 62.5 Å². The fourth-order valence-electron chi connectivity index (χ4n) is 2.12. The third-order valence-electron chi connectivity index (χ3n) is 3.67. The molecule has 0 fully saturated rings. The summed E-state index contributed by atoms with van der Waals surface area (Å²) in [6.45, 7) is 7.53. The van der Waals surface area contributed by atoms with Crippen LogP contribution in [0, 0.1) is 6.92 Å². The molecule has 0 amide bonds. The number of thioether (sulfide) groups is 1. The third-order valence-corrected chi connectivity index (χ3v) is 5.26. The molecule has 1 aromatic rings. The molecule has 19 heavy (non-hydrogen) atoms. The number of nitrogens with one attached hydrogen (secondary N) is 1. The molecule has 5 heteroatoms. The molecule has 0 bridgehead atoms. The summed E-state index contributed by atoms with van der Waals surface area (Å²) in [6.07, 6.45) is 4.35. The standard InChI is InChI=1S/C14H23NO3S/c1-5-14(6-2,19-4)9-15-8-11-7-12(13(16)17)10(3)18-11/h7,15H,5-6,8-9H2,1-4H3,(H,16,17). The molecule has 108 valence electrons. The minimum Gasteiger partial charge on any atom is -0.478 e. The Morgan fingerprint density at radius 1 is 1.47 bits per heavy atom. The zero-order valence-corrected chi connectivity index (χ0v) is 12.9. The van der Waals surface area contributed by atoms with Crippen molar-refractivity contribution < 1.29 is 14.3 Å². The molecule has 4 nitrogen and oxygen atoms in total. The number of furan rings is 1. The zero-order valence-electron chi connectivity index (χ0n) is 12.1. The Bertz CT molecular complexity index is 416. The maximum atomic E-state index is 10.9. The van der Waals surface area contributed by atoms with Crippen LogP contribution in [0.25, 0.3) is 0 Å². The van der Waals surface area contributed by atoms with Crippen molar-refractivity contribution >= 4 is 17.7 Å². The summed E-state index contributed by atoms with van der Waals surface area (Å²) in [5.41, 5.74) is 0.249. The Morgan fingerprint density at radius 2 is 2.11 bits per heavy atom. The van der Waals surface area contributed by atoms with E-state index in [0.717, 1.165) is 19.4 Å². The van der Waals surface area contributed by atoms with Crippen molar-refractivity contribution in [3.63, 3.8) is 0 Å². The van der Waals surface area contributed by atoms with E-state index >= 15 is 0 Å². The first-order valence-corrected chi connectivity index (χ1v) is 7.79. The smallest absolute Gasteiger partial charge is 0.339 e. The molecule has 1 rings (SSSR count). The van der Waals surface area contributed by atoms with E-state index in [1.54, 1.807) is 13.0 Å². The molecular weight excluding hydrogens is 262 g/mol. The van der Waals surface area contributed by atoms with Crippen LogP contribution in [0.5, 0.6) is 0 Å². The number of carbonyl (C=O) groups is 1. The lowest BCUT2D eigenvalue weighted by atomic mass is 10.0. The van der Waals surface area contributed by atoms with Gasteiger partial charge in [-0.05, 0) is 32.1 Å². The first-order valence-electron chi connectivity index (χ1n) is 6.56. The van der Waals surface area contributed by atoms with Crippen LogP contribution in [0.15, 0.2) is 10.5 Å². The first kappa shape index (κ1) is 16.1. The van der Waals surface area contributed by atoms with Crippen molar-refractivity contribution in [2.75, 3.05) is 12.8 Å². The van der Waals surface area contributed by atoms with Crippen molar-refractivity contribution in [2.24, 2.45) is 0 Å². The number of rotatable bonds is 8. The van der Waals surface area contributed by atoms with E-state index in [-0.39, 0.29) is 10.3 Å². The summed E-state index contributed by atoms with van der Waals surface area (Å²) in [5, 5.41) is 12.3. The molecule has 0 aliphatic heterocycles. The van der Waals surface area contributed by atoms with Gasteiger partial charge in [0.1, 0.15) is 17.1 Å². The lowest BCUT2D eigenvalue weighted by Crippen LogP contribution is -2.36. The first-order chi connectivity index (χ1) is 8.98. The highest BCUT2D eigenvalue weighted by Crippen LogP contribution is 2.29. The molecule has 0 aliphatic carbocycles. The molecule has 0 aliphatic rings. The van der Waals surface area contributed by atoms with Crippen molar-refractivity contribution in [3.05, 3.63) is 23.2 Å². The van der Waals surface area contributed by atoms with Gasteiger partial charge in [-0.15, -0.1) is 0 Å². The predicted molar refractivity (Wildman–Crippen MR) is 78.9 cm³/mol. The Kier molecular flexibility index (Phi) is 5.94. The Hall–Kier alpha value is -0.940. The molecule has 1 heterocycles. The number of hydrogen-bond acceptors (Lipinski definition) is 4. The molecule has 0 aromatic carbocycles. The van der Waals surface area contributed by atoms with Crippen LogP contribution in [0.2, 0.25) is 0 Å². The minimum absolute atomic E-state index is 0.247. The summed E-state index contributed by atoms with van der Waals surface area (Å²) in [7, 11) is 0. The van der Waals surface area contributed by atoms with Crippen LogP contribution in [-0.4, -0.2) is 28.6 Å². The maximum absolute atomic E-state index is 10.9. The van der Waals surface area contributed by atoms with E-state index in [4.69, 9.17) is 9.52 Å². The fraction of sp³-hybridized carbons (Fsp3) is 0.643. The second-order valence-corrected chi connectivity index (χ2v) is 5.96. The maximum Gasteiger partial charge on any atom is 0.339 e. The number of carboxylic acids is 1. The highest BCUT2D eigenvalue weighted by atomic mass is 32.2. The lowest BCUT2D eigenvalue weighted by Gasteiger charge is -2.29. The molecule has 0 radical (unpaired) electrons. The normalized spacial score (nSPS) is 11.8. The summed E-state index contributed by atoms with van der Waals surface area (Å²) in [4.78, 5) is 10.9. The van der Waals surface area contributed by atoms with Gasteiger partial charge in [0, 0.05) is 11.3 Å². The largest absolute Gasteiger partial charge is 0.478 e. The van der Waals surface area contributed by atoms with Crippen LogP contribution < -0.4 is 5.32 Å². The van der Waals surface area contributed by atoms with Crippen LogP contribution in [0.1, 0.15) is 48.6 Å². The monoisotopic (exact) mass is 285 g/mol. The summed E-state index contributed by atoms with van der Waals surface area (Å²) in [5.74, 6) is 0.205. The third kappa shape index (κ3) is 4.01. The van der Waals surface area contributed by atoms with Crippen LogP contribution in [0.4, 0.5) is 0 Å². The van der Waals surface area contributed by atoms with E-state index in [0.29, 0.717) is 18.1 Å². The van der Waals surface area contributed by atoms with Crippen molar-refractivity contribution in [1.29, 1.82) is 0 Å². The van der Waals surface area contributed by atoms with E-state index < -0.39 is 5.97 Å². The van der Waals surface area contributed by atoms with Gasteiger partial charge in [0.25, 0.3) is 0 Å². The molecular formula is C14H23NO3S. The number of aromatic carboxylic acids is 1. The molecule has 0 spiro atoms. The second-order valence-electron chi connectivity index (χ2n) is 4.69. The highest BCUT2D eigenvalue weighted by Gasteiger charge is 2.24. The van der Waals surface area contributed by atoms with E-state index in [9.17, 15) is 4.79 Å². The molecule has 1 aromatic heterocycles. The van der Waals surface area contributed by atoms with Gasteiger partial charge in [0.05, 0.1) is 6.54 Å². The number of carboxylic acid groups (broad SMARTS) is 1. The van der Waals surface area contributed by atoms with E-state index in [1.807, 2.05) is 11.8 Å². The van der Waals surface area contributed by atoms with E-state index in [1.165, 1.54) is 0 Å². The SMILES string of the molecule is CCC(CC)(CNCc1cc(C(=O)O)c(C)o1)SC. The molecule has 2 N–H and O–H groups in total. The van der Waals surface area contributed by atoms with Gasteiger partial charge in [-0.2, -0.15) is 11.8 Å². The van der Waals surface area contributed by atoms with Crippen molar-refractivity contribution in [3.8, 4) is 0 Å². The quantitative estimate of drug-likeness (QED) is 0.767. The average molecular weight is 285 g/mol. The van der Waals surface area contributed by atoms with Gasteiger partial charge in [-0.25, -0.2) is 4.79 Å². The zero-order chi connectivity index (χ0) is 14.5. The average Bonchev–Trinajstić information content (AvgIpc) is 2.77. The van der Waals surface area contributed by atoms with Gasteiger partial charge in [-0.1, -0.05) is 13.8 Å². The molecule has 0 saturated heterocycles. The lowest BCUT2D eigenvalue weighted by molar-refractivity contribution is 0.0695. The van der Waals surface area contributed by atoms with Gasteiger partial charge in [0.15, 0.2) is 0 Å².